The summed E-state index contributed by atoms with van der Waals surface area (Å²) in [5.41, 5.74) is 3.01. The van der Waals surface area contributed by atoms with Crippen molar-refractivity contribution in [3.8, 4) is 5.75 Å². The maximum atomic E-state index is 12.9. The van der Waals surface area contributed by atoms with E-state index in [1.54, 1.807) is 0 Å². The van der Waals surface area contributed by atoms with Gasteiger partial charge in [-0.25, -0.2) is 5.43 Å². The molecule has 0 bridgehead atoms. The molecule has 4 rings (SSSR count). The van der Waals surface area contributed by atoms with Gasteiger partial charge in [0.2, 0.25) is 0 Å². The van der Waals surface area contributed by atoms with Gasteiger partial charge in [-0.1, -0.05) is 42.5 Å². The summed E-state index contributed by atoms with van der Waals surface area (Å²) in [6.45, 7) is 0.414. The van der Waals surface area contributed by atoms with Crippen LogP contribution in [0.5, 0.6) is 5.75 Å². The third kappa shape index (κ3) is 6.51. The number of benzene rings is 4. The van der Waals surface area contributed by atoms with Crippen LogP contribution in [0.2, 0.25) is 0 Å². The molecule has 0 heterocycles. The van der Waals surface area contributed by atoms with Crippen molar-refractivity contribution in [3.05, 3.63) is 108 Å². The molecule has 0 aliphatic rings. The number of hydrogen-bond donors (Lipinski definition) is 1. The molecule has 0 saturated carbocycles. The lowest BCUT2D eigenvalue weighted by atomic mass is 10.1. The Balaban J connectivity index is 1.41. The highest BCUT2D eigenvalue weighted by molar-refractivity contribution is 14.1. The van der Waals surface area contributed by atoms with Gasteiger partial charge < -0.3 is 4.74 Å². The molecule has 4 aromatic rings. The quantitative estimate of drug-likeness (QED) is 0.130. The Kier molecular flexibility index (Phi) is 7.95. The number of fused-ring (bicyclic) bond motifs is 1. The van der Waals surface area contributed by atoms with Crippen LogP contribution in [-0.4, -0.2) is 12.1 Å². The molecule has 0 unspecified atom stereocenters. The minimum atomic E-state index is -4.52. The molecule has 4 nitrogen and oxygen atoms in total. The second-order valence-corrected chi connectivity index (χ2v) is 9.89. The minimum absolute atomic E-state index is 0.126. The zero-order valence-corrected chi connectivity index (χ0v) is 22.3. The third-order valence-electron chi connectivity index (χ3n) is 5.05. The summed E-state index contributed by atoms with van der Waals surface area (Å²) in [6.07, 6.45) is -3.09. The molecule has 0 fully saturated rings. The molecule has 0 aromatic heterocycles. The first-order chi connectivity index (χ1) is 16.7. The van der Waals surface area contributed by atoms with Crippen LogP contribution >= 0.6 is 45.2 Å². The largest absolute Gasteiger partial charge is 0.487 e. The Morgan fingerprint density at radius 3 is 2.34 bits per heavy atom. The first-order valence-corrected chi connectivity index (χ1v) is 12.5. The summed E-state index contributed by atoms with van der Waals surface area (Å²) in [5.74, 6) is 0.0107. The molecule has 0 spiro atoms. The zero-order chi connectivity index (χ0) is 25.0. The van der Waals surface area contributed by atoms with E-state index in [1.807, 2.05) is 30.3 Å². The van der Waals surface area contributed by atoms with E-state index in [0.717, 1.165) is 36.0 Å². The van der Waals surface area contributed by atoms with Gasteiger partial charge in [0.15, 0.2) is 0 Å². The van der Waals surface area contributed by atoms with Crippen LogP contribution in [0, 0.1) is 7.14 Å². The number of nitrogens with one attached hydrogen (secondary N) is 1. The fourth-order valence-corrected chi connectivity index (χ4v) is 5.47. The van der Waals surface area contributed by atoms with Crippen LogP contribution in [0.15, 0.2) is 84.0 Å². The lowest BCUT2D eigenvalue weighted by Gasteiger charge is -2.12. The van der Waals surface area contributed by atoms with E-state index in [0.29, 0.717) is 12.2 Å². The highest BCUT2D eigenvalue weighted by Gasteiger charge is 2.30. The molecule has 35 heavy (non-hydrogen) atoms. The predicted molar refractivity (Wildman–Crippen MR) is 147 cm³/mol. The predicted octanol–water partition coefficient (Wildman–Crippen LogP) is 7.41. The van der Waals surface area contributed by atoms with Crippen LogP contribution in [0.1, 0.15) is 27.0 Å². The lowest BCUT2D eigenvalue weighted by molar-refractivity contribution is -0.137. The van der Waals surface area contributed by atoms with E-state index in [-0.39, 0.29) is 5.56 Å². The SMILES string of the molecule is O=C(N/N=C\c1cc(I)c(OCc2ccc3ccccc3c2)c(I)c1)c1cccc(C(F)(F)F)c1. The van der Waals surface area contributed by atoms with Crippen LogP contribution in [0.3, 0.4) is 0 Å². The number of hydrogen-bond acceptors (Lipinski definition) is 3. The first kappa shape index (κ1) is 25.4. The molecule has 0 aliphatic heterocycles. The van der Waals surface area contributed by atoms with Crippen molar-refractivity contribution in [2.75, 3.05) is 0 Å². The molecule has 178 valence electrons. The fourth-order valence-electron chi connectivity index (χ4n) is 3.34. The highest BCUT2D eigenvalue weighted by Crippen LogP contribution is 2.30. The van der Waals surface area contributed by atoms with Crippen molar-refractivity contribution >= 4 is 68.1 Å². The average molecular weight is 700 g/mol. The molecule has 4 aromatic carbocycles. The fraction of sp³-hybridized carbons (Fsp3) is 0.0769. The van der Waals surface area contributed by atoms with Crippen molar-refractivity contribution < 1.29 is 22.7 Å². The van der Waals surface area contributed by atoms with E-state index < -0.39 is 17.6 Å². The Morgan fingerprint density at radius 1 is 0.914 bits per heavy atom. The summed E-state index contributed by atoms with van der Waals surface area (Å²) in [5, 5.41) is 6.21. The molecule has 9 heteroatoms. The summed E-state index contributed by atoms with van der Waals surface area (Å²) in [4.78, 5) is 12.2. The molecule has 0 aliphatic carbocycles. The minimum Gasteiger partial charge on any atom is -0.487 e. The van der Waals surface area contributed by atoms with Crippen LogP contribution in [0.25, 0.3) is 10.8 Å². The second kappa shape index (κ2) is 10.9. The lowest BCUT2D eigenvalue weighted by Crippen LogP contribution is -2.18. The maximum Gasteiger partial charge on any atom is 0.416 e. The monoisotopic (exact) mass is 700 g/mol. The Hall–Kier alpha value is -2.67. The van der Waals surface area contributed by atoms with Crippen molar-refractivity contribution in [1.29, 1.82) is 0 Å². The number of hydrazone groups is 1. The van der Waals surface area contributed by atoms with Gasteiger partial charge in [0, 0.05) is 5.56 Å². The molecule has 0 atom stereocenters. The number of carbonyl (C=O) groups excluding carboxylic acids is 1. The van der Waals surface area contributed by atoms with E-state index in [2.05, 4.69) is 80.0 Å². The van der Waals surface area contributed by atoms with Crippen LogP contribution in [-0.2, 0) is 12.8 Å². The normalized spacial score (nSPS) is 11.7. The molecular formula is C26H17F3I2N2O2. The van der Waals surface area contributed by atoms with Gasteiger partial charge in [0.05, 0.1) is 18.9 Å². The maximum absolute atomic E-state index is 12.9. The Bertz CT molecular complexity index is 1400. The van der Waals surface area contributed by atoms with Crippen molar-refractivity contribution in [2.24, 2.45) is 5.10 Å². The van der Waals surface area contributed by atoms with Gasteiger partial charge in [0.25, 0.3) is 5.91 Å². The van der Waals surface area contributed by atoms with E-state index >= 15 is 0 Å². The Labute approximate surface area is 226 Å². The van der Waals surface area contributed by atoms with Gasteiger partial charge in [0.1, 0.15) is 12.4 Å². The number of amides is 1. The number of carbonyl (C=O) groups is 1. The highest BCUT2D eigenvalue weighted by atomic mass is 127. The Morgan fingerprint density at radius 2 is 1.63 bits per heavy atom. The van der Waals surface area contributed by atoms with Gasteiger partial charge in [-0.15, -0.1) is 0 Å². The smallest absolute Gasteiger partial charge is 0.416 e. The van der Waals surface area contributed by atoms with Gasteiger partial charge >= 0.3 is 6.18 Å². The van der Waals surface area contributed by atoms with E-state index in [9.17, 15) is 18.0 Å². The van der Waals surface area contributed by atoms with Crippen LogP contribution in [0.4, 0.5) is 13.2 Å². The molecular weight excluding hydrogens is 683 g/mol. The number of nitrogens with zero attached hydrogens (tertiary/aromatic N) is 1. The van der Waals surface area contributed by atoms with Gasteiger partial charge in [-0.2, -0.15) is 18.3 Å². The standard InChI is InChI=1S/C26H17F3I2N2O2/c27-26(28,29)21-7-3-6-20(13-21)25(34)33-32-14-17-11-22(30)24(23(31)12-17)35-15-16-8-9-18-4-1-2-5-19(18)10-16/h1-14H,15H2,(H,33,34)/b32-14-. The summed E-state index contributed by atoms with van der Waals surface area (Å²) < 4.78 is 46.4. The number of alkyl halides is 3. The van der Waals surface area contributed by atoms with Gasteiger partial charge in [-0.05, 0) is 103 Å². The van der Waals surface area contributed by atoms with Gasteiger partial charge in [-0.3, -0.25) is 4.79 Å². The summed E-state index contributed by atoms with van der Waals surface area (Å²) >= 11 is 4.34. The van der Waals surface area contributed by atoms with Crippen molar-refractivity contribution in [2.45, 2.75) is 12.8 Å². The topological polar surface area (TPSA) is 50.7 Å². The van der Waals surface area contributed by atoms with Crippen LogP contribution < -0.4 is 10.2 Å². The number of rotatable bonds is 6. The van der Waals surface area contributed by atoms with E-state index in [4.69, 9.17) is 4.74 Å². The van der Waals surface area contributed by atoms with E-state index in [1.165, 1.54) is 23.7 Å². The third-order valence-corrected chi connectivity index (χ3v) is 6.65. The second-order valence-electron chi connectivity index (χ2n) is 7.56. The number of ether oxygens (including phenoxy) is 1. The molecule has 0 radical (unpaired) electrons. The number of halogens is 5. The summed E-state index contributed by atoms with van der Waals surface area (Å²) in [7, 11) is 0. The van der Waals surface area contributed by atoms with Crippen molar-refractivity contribution in [1.82, 2.24) is 5.43 Å². The van der Waals surface area contributed by atoms with Crippen molar-refractivity contribution in [3.63, 3.8) is 0 Å². The molecule has 1 amide bonds. The zero-order valence-electron chi connectivity index (χ0n) is 17.9. The molecule has 0 saturated heterocycles. The summed E-state index contributed by atoms with van der Waals surface area (Å²) in [6, 6.07) is 22.2. The first-order valence-electron chi connectivity index (χ1n) is 10.3. The molecule has 1 N–H and O–H groups in total. The average Bonchev–Trinajstić information content (AvgIpc) is 2.83.